The second kappa shape index (κ2) is 6.53. The lowest BCUT2D eigenvalue weighted by Crippen LogP contribution is -2.50. The summed E-state index contributed by atoms with van der Waals surface area (Å²) in [6.07, 6.45) is 0. The van der Waals surface area contributed by atoms with Crippen LogP contribution < -0.4 is 0 Å². The largest absolute Gasteiger partial charge is 0.351 e. The number of aromatic nitrogens is 1. The number of nitrogens with zero attached hydrogens (tertiary/aromatic N) is 2. The van der Waals surface area contributed by atoms with Crippen molar-refractivity contribution in [2.75, 3.05) is 26.2 Å². The van der Waals surface area contributed by atoms with Gasteiger partial charge in [0, 0.05) is 37.1 Å². The molecule has 0 atom stereocenters. The number of nitrogens with one attached hydrogen (secondary N) is 1. The predicted octanol–water partition coefficient (Wildman–Crippen LogP) is 2.68. The highest BCUT2D eigenvalue weighted by atomic mass is 32.2. The molecular formula is C18H19N3O3S2. The van der Waals surface area contributed by atoms with Gasteiger partial charge in [-0.15, -0.1) is 11.3 Å². The van der Waals surface area contributed by atoms with Gasteiger partial charge in [0.1, 0.15) is 9.90 Å². The van der Waals surface area contributed by atoms with Crippen LogP contribution in [-0.4, -0.2) is 54.7 Å². The van der Waals surface area contributed by atoms with Gasteiger partial charge in [-0.2, -0.15) is 4.31 Å². The maximum absolute atomic E-state index is 12.8. The van der Waals surface area contributed by atoms with E-state index in [1.807, 2.05) is 31.2 Å². The van der Waals surface area contributed by atoms with E-state index in [1.165, 1.54) is 15.6 Å². The number of thiophene rings is 1. The fraction of sp³-hybridized carbons (Fsp3) is 0.278. The van der Waals surface area contributed by atoms with E-state index in [-0.39, 0.29) is 5.91 Å². The maximum Gasteiger partial charge on any atom is 0.270 e. The number of benzene rings is 1. The highest BCUT2D eigenvalue weighted by Crippen LogP contribution is 2.23. The fourth-order valence-corrected chi connectivity index (χ4v) is 5.76. The molecule has 1 fully saturated rings. The third-order valence-electron chi connectivity index (χ3n) is 4.62. The first-order chi connectivity index (χ1) is 12.4. The summed E-state index contributed by atoms with van der Waals surface area (Å²) in [4.78, 5) is 17.7. The lowest BCUT2D eigenvalue weighted by Gasteiger charge is -2.33. The van der Waals surface area contributed by atoms with Gasteiger partial charge in [-0.3, -0.25) is 4.79 Å². The smallest absolute Gasteiger partial charge is 0.270 e. The zero-order valence-corrected chi connectivity index (χ0v) is 15.9. The van der Waals surface area contributed by atoms with Crippen molar-refractivity contribution >= 4 is 38.2 Å². The van der Waals surface area contributed by atoms with Gasteiger partial charge in [-0.05, 0) is 36.1 Å². The number of sulfonamides is 1. The molecule has 0 aliphatic carbocycles. The van der Waals surface area contributed by atoms with E-state index >= 15 is 0 Å². The van der Waals surface area contributed by atoms with Crippen LogP contribution in [0.1, 0.15) is 16.1 Å². The van der Waals surface area contributed by atoms with Gasteiger partial charge in [0.25, 0.3) is 15.9 Å². The van der Waals surface area contributed by atoms with Gasteiger partial charge in [-0.1, -0.05) is 18.2 Å². The second-order valence-electron chi connectivity index (χ2n) is 6.40. The van der Waals surface area contributed by atoms with Crippen LogP contribution >= 0.6 is 11.3 Å². The van der Waals surface area contributed by atoms with E-state index in [1.54, 1.807) is 22.4 Å². The number of rotatable bonds is 3. The Hall–Kier alpha value is -2.16. The lowest BCUT2D eigenvalue weighted by molar-refractivity contribution is 0.0693. The summed E-state index contributed by atoms with van der Waals surface area (Å²) in [5, 5.41) is 2.75. The minimum atomic E-state index is -3.45. The van der Waals surface area contributed by atoms with Gasteiger partial charge in [0.2, 0.25) is 0 Å². The Morgan fingerprint density at radius 3 is 2.58 bits per heavy atom. The van der Waals surface area contributed by atoms with E-state index < -0.39 is 10.0 Å². The summed E-state index contributed by atoms with van der Waals surface area (Å²) < 4.78 is 26.9. The van der Waals surface area contributed by atoms with Gasteiger partial charge in [0.05, 0.1) is 0 Å². The first kappa shape index (κ1) is 17.3. The highest BCUT2D eigenvalue weighted by Gasteiger charge is 2.31. The summed E-state index contributed by atoms with van der Waals surface area (Å²) in [5.74, 6) is -0.0907. The molecule has 1 saturated heterocycles. The Balaban J connectivity index is 1.48. The molecule has 1 aliphatic rings. The van der Waals surface area contributed by atoms with Crippen LogP contribution in [0.25, 0.3) is 10.9 Å². The third-order valence-corrected chi connectivity index (χ3v) is 7.90. The molecule has 3 aromatic rings. The monoisotopic (exact) mass is 389 g/mol. The molecule has 6 nitrogen and oxygen atoms in total. The van der Waals surface area contributed by atoms with Crippen LogP contribution in [0.4, 0.5) is 0 Å². The Labute approximate surface area is 156 Å². The number of carbonyl (C=O) groups excluding carboxylic acids is 1. The number of hydrogen-bond donors (Lipinski definition) is 1. The summed E-state index contributed by atoms with van der Waals surface area (Å²) >= 11 is 1.22. The third kappa shape index (κ3) is 3.04. The molecular weight excluding hydrogens is 370 g/mol. The summed E-state index contributed by atoms with van der Waals surface area (Å²) in [6, 6.07) is 11.2. The van der Waals surface area contributed by atoms with Crippen molar-refractivity contribution in [1.82, 2.24) is 14.2 Å². The number of aryl methyl sites for hydroxylation is 1. The molecule has 1 aliphatic heterocycles. The Morgan fingerprint density at radius 1 is 1.12 bits per heavy atom. The van der Waals surface area contributed by atoms with Crippen molar-refractivity contribution < 1.29 is 13.2 Å². The Morgan fingerprint density at radius 2 is 1.88 bits per heavy atom. The average Bonchev–Trinajstić information content (AvgIpc) is 3.31. The van der Waals surface area contributed by atoms with Crippen molar-refractivity contribution in [2.45, 2.75) is 11.1 Å². The Kier molecular flexibility index (Phi) is 4.34. The van der Waals surface area contributed by atoms with E-state index in [2.05, 4.69) is 4.98 Å². The molecule has 0 unspecified atom stereocenters. The van der Waals surface area contributed by atoms with E-state index in [0.29, 0.717) is 36.1 Å². The number of carbonyl (C=O) groups is 1. The number of piperazine rings is 1. The van der Waals surface area contributed by atoms with Crippen molar-refractivity contribution in [3.8, 4) is 0 Å². The van der Waals surface area contributed by atoms with Gasteiger partial charge >= 0.3 is 0 Å². The van der Waals surface area contributed by atoms with Crippen molar-refractivity contribution in [1.29, 1.82) is 0 Å². The molecule has 3 heterocycles. The number of amides is 1. The minimum absolute atomic E-state index is 0.0907. The van der Waals surface area contributed by atoms with Gasteiger partial charge in [0.15, 0.2) is 0 Å². The zero-order valence-electron chi connectivity index (χ0n) is 14.3. The quantitative estimate of drug-likeness (QED) is 0.748. The molecule has 1 N–H and O–H groups in total. The van der Waals surface area contributed by atoms with Crippen LogP contribution in [0.5, 0.6) is 0 Å². The highest BCUT2D eigenvalue weighted by molar-refractivity contribution is 7.91. The number of H-pyrrole nitrogens is 1. The Bertz CT molecular complexity index is 1050. The topological polar surface area (TPSA) is 73.5 Å². The van der Waals surface area contributed by atoms with Gasteiger partial charge in [-0.25, -0.2) is 8.42 Å². The maximum atomic E-state index is 12.8. The number of hydrogen-bond acceptors (Lipinski definition) is 4. The second-order valence-corrected chi connectivity index (χ2v) is 9.51. The average molecular weight is 390 g/mol. The number of fused-ring (bicyclic) bond motifs is 1. The van der Waals surface area contributed by atoms with Crippen LogP contribution in [-0.2, 0) is 10.0 Å². The van der Waals surface area contributed by atoms with Crippen LogP contribution in [0.3, 0.4) is 0 Å². The van der Waals surface area contributed by atoms with Crippen molar-refractivity contribution in [3.63, 3.8) is 0 Å². The van der Waals surface area contributed by atoms with E-state index in [0.717, 1.165) is 16.5 Å². The zero-order chi connectivity index (χ0) is 18.3. The molecule has 26 heavy (non-hydrogen) atoms. The van der Waals surface area contributed by atoms with E-state index in [4.69, 9.17) is 0 Å². The summed E-state index contributed by atoms with van der Waals surface area (Å²) in [7, 11) is -3.45. The van der Waals surface area contributed by atoms with Crippen LogP contribution in [0.2, 0.25) is 0 Å². The molecule has 136 valence electrons. The molecule has 1 amide bonds. The molecule has 0 saturated carbocycles. The molecule has 8 heteroatoms. The SMILES string of the molecule is Cc1ccc2cc(C(=O)N3CCN(S(=O)(=O)c4cccs4)CC3)[nH]c2c1. The van der Waals surface area contributed by atoms with E-state index in [9.17, 15) is 13.2 Å². The molecule has 0 spiro atoms. The van der Waals surface area contributed by atoms with Crippen molar-refractivity contribution in [3.05, 3.63) is 53.0 Å². The first-order valence-corrected chi connectivity index (χ1v) is 10.7. The summed E-state index contributed by atoms with van der Waals surface area (Å²) in [6.45, 7) is 3.40. The lowest BCUT2D eigenvalue weighted by atomic mass is 10.2. The van der Waals surface area contributed by atoms with Gasteiger partial charge < -0.3 is 9.88 Å². The molecule has 2 aromatic heterocycles. The van der Waals surface area contributed by atoms with Crippen LogP contribution in [0.15, 0.2) is 46.0 Å². The van der Waals surface area contributed by atoms with Crippen molar-refractivity contribution in [2.24, 2.45) is 0 Å². The molecule has 0 bridgehead atoms. The summed E-state index contributed by atoms with van der Waals surface area (Å²) in [5.41, 5.74) is 2.61. The molecule has 4 rings (SSSR count). The fourth-order valence-electron chi connectivity index (χ4n) is 3.20. The normalized spacial score (nSPS) is 16.3. The standard InChI is InChI=1S/C18H19N3O3S2/c1-13-4-5-14-12-16(19-15(14)11-13)18(22)20-6-8-21(9-7-20)26(23,24)17-3-2-10-25-17/h2-5,10-12,19H,6-9H2,1H3. The first-order valence-electron chi connectivity index (χ1n) is 8.37. The van der Waals surface area contributed by atoms with Crippen LogP contribution in [0, 0.1) is 6.92 Å². The number of aromatic amines is 1. The predicted molar refractivity (Wildman–Crippen MR) is 102 cm³/mol. The minimum Gasteiger partial charge on any atom is -0.351 e. The molecule has 0 radical (unpaired) electrons. The molecule has 1 aromatic carbocycles.